The number of hydrogen-bond acceptors (Lipinski definition) is 5. The number of urea groups is 1. The van der Waals surface area contributed by atoms with Crippen LogP contribution >= 0.6 is 0 Å². The van der Waals surface area contributed by atoms with E-state index in [4.69, 9.17) is 4.74 Å². The van der Waals surface area contributed by atoms with Gasteiger partial charge < -0.3 is 15.4 Å². The van der Waals surface area contributed by atoms with Crippen molar-refractivity contribution in [3.8, 4) is 0 Å². The van der Waals surface area contributed by atoms with Crippen LogP contribution in [0.1, 0.15) is 31.4 Å². The first-order valence-corrected chi connectivity index (χ1v) is 9.97. The Bertz CT molecular complexity index is 952. The summed E-state index contributed by atoms with van der Waals surface area (Å²) in [6.45, 7) is 4.41. The Kier molecular flexibility index (Phi) is 5.90. The smallest absolute Gasteiger partial charge is 0.320 e. The summed E-state index contributed by atoms with van der Waals surface area (Å²) in [6.07, 6.45) is 3.99. The third-order valence-corrected chi connectivity index (χ3v) is 5.15. The molecule has 4 N–H and O–H groups in total. The number of rotatable bonds is 6. The molecule has 0 saturated carbocycles. The van der Waals surface area contributed by atoms with Gasteiger partial charge in [0.1, 0.15) is 5.82 Å². The number of aromatic nitrogens is 3. The van der Waals surface area contributed by atoms with Crippen molar-refractivity contribution in [3.05, 3.63) is 48.2 Å². The van der Waals surface area contributed by atoms with E-state index < -0.39 is 0 Å². The van der Waals surface area contributed by atoms with Gasteiger partial charge in [-0.05, 0) is 31.2 Å². The van der Waals surface area contributed by atoms with Gasteiger partial charge in [0.15, 0.2) is 5.82 Å². The van der Waals surface area contributed by atoms with E-state index in [1.165, 1.54) is 0 Å². The zero-order valence-corrected chi connectivity index (χ0v) is 16.4. The van der Waals surface area contributed by atoms with Crippen LogP contribution in [0.25, 0.3) is 10.9 Å². The molecular formula is C21H26N6O2. The van der Waals surface area contributed by atoms with Gasteiger partial charge in [-0.15, -0.1) is 0 Å². The molecule has 1 aliphatic heterocycles. The molecule has 1 fully saturated rings. The molecule has 0 radical (unpaired) electrons. The summed E-state index contributed by atoms with van der Waals surface area (Å²) in [4.78, 5) is 16.7. The van der Waals surface area contributed by atoms with Gasteiger partial charge in [-0.2, -0.15) is 5.10 Å². The number of ether oxygens (including phenoxy) is 1. The lowest BCUT2D eigenvalue weighted by Crippen LogP contribution is -2.31. The number of carbonyl (C=O) groups is 1. The molecule has 1 aliphatic rings. The molecule has 29 heavy (non-hydrogen) atoms. The summed E-state index contributed by atoms with van der Waals surface area (Å²) >= 11 is 0. The summed E-state index contributed by atoms with van der Waals surface area (Å²) in [5.74, 6) is 1.73. The molecule has 1 saturated heterocycles. The SMILES string of the molecule is CC(NC(=O)Nc1cc2[nH]nc(NCC3CCCOC3)c2cn1)c1ccccc1. The zero-order chi connectivity index (χ0) is 20.1. The average Bonchev–Trinajstić information content (AvgIpc) is 3.15. The maximum Gasteiger partial charge on any atom is 0.320 e. The second-order valence-electron chi connectivity index (χ2n) is 7.38. The molecule has 0 aliphatic carbocycles. The van der Waals surface area contributed by atoms with Crippen LogP contribution in [0.2, 0.25) is 0 Å². The first kappa shape index (κ1) is 19.2. The molecule has 1 aromatic carbocycles. The normalized spacial score (nSPS) is 17.6. The highest BCUT2D eigenvalue weighted by atomic mass is 16.5. The number of nitrogens with zero attached hydrogens (tertiary/aromatic N) is 2. The van der Waals surface area contributed by atoms with E-state index in [-0.39, 0.29) is 12.1 Å². The first-order chi connectivity index (χ1) is 14.2. The summed E-state index contributed by atoms with van der Waals surface area (Å²) < 4.78 is 5.52. The van der Waals surface area contributed by atoms with Gasteiger partial charge in [-0.3, -0.25) is 10.4 Å². The molecule has 2 aromatic heterocycles. The third-order valence-electron chi connectivity index (χ3n) is 5.15. The quantitative estimate of drug-likeness (QED) is 0.511. The average molecular weight is 394 g/mol. The second-order valence-corrected chi connectivity index (χ2v) is 7.38. The Hall–Kier alpha value is -3.13. The summed E-state index contributed by atoms with van der Waals surface area (Å²) in [6, 6.07) is 11.2. The van der Waals surface area contributed by atoms with Crippen molar-refractivity contribution in [1.29, 1.82) is 0 Å². The standard InChI is InChI=1S/C21H26N6O2/c1-14(16-7-3-2-4-8-16)24-21(28)25-19-10-18-17(12-22-19)20(27-26-18)23-11-15-6-5-9-29-13-15/h2-4,7-8,10,12,14-15H,5-6,9,11,13H2,1H3,(H2,23,26,27)(H2,22,24,25,28). The number of anilines is 2. The Balaban J connectivity index is 1.35. The molecule has 3 aromatic rings. The molecule has 0 spiro atoms. The lowest BCUT2D eigenvalue weighted by Gasteiger charge is -2.22. The van der Waals surface area contributed by atoms with Gasteiger partial charge in [0.05, 0.1) is 23.6 Å². The first-order valence-electron chi connectivity index (χ1n) is 9.97. The van der Waals surface area contributed by atoms with Crippen LogP contribution in [0.3, 0.4) is 0 Å². The van der Waals surface area contributed by atoms with E-state index in [9.17, 15) is 4.79 Å². The number of amides is 2. The molecule has 2 atom stereocenters. The fraction of sp³-hybridized carbons (Fsp3) is 0.381. The Labute approximate surface area is 169 Å². The van der Waals surface area contributed by atoms with Gasteiger partial charge in [0.25, 0.3) is 0 Å². The Morgan fingerprint density at radius 1 is 1.34 bits per heavy atom. The largest absolute Gasteiger partial charge is 0.381 e. The molecular weight excluding hydrogens is 368 g/mol. The molecule has 8 heteroatoms. The van der Waals surface area contributed by atoms with Crippen LogP contribution in [-0.2, 0) is 4.74 Å². The van der Waals surface area contributed by atoms with Crippen molar-refractivity contribution in [2.45, 2.75) is 25.8 Å². The molecule has 2 unspecified atom stereocenters. The molecule has 0 bridgehead atoms. The molecule has 2 amide bonds. The van der Waals surface area contributed by atoms with Crippen molar-refractivity contribution >= 4 is 28.6 Å². The molecule has 8 nitrogen and oxygen atoms in total. The number of nitrogens with one attached hydrogen (secondary N) is 4. The van der Waals surface area contributed by atoms with Gasteiger partial charge in [-0.1, -0.05) is 30.3 Å². The van der Waals surface area contributed by atoms with Crippen molar-refractivity contribution in [2.24, 2.45) is 5.92 Å². The number of H-pyrrole nitrogens is 1. The summed E-state index contributed by atoms with van der Waals surface area (Å²) in [5.41, 5.74) is 1.85. The molecule has 4 rings (SSSR count). The van der Waals surface area contributed by atoms with Crippen molar-refractivity contribution in [3.63, 3.8) is 0 Å². The van der Waals surface area contributed by atoms with Crippen LogP contribution in [-0.4, -0.2) is 41.0 Å². The number of hydrogen-bond donors (Lipinski definition) is 4. The van der Waals surface area contributed by atoms with Crippen LogP contribution in [0.15, 0.2) is 42.6 Å². The molecule has 3 heterocycles. The van der Waals surface area contributed by atoms with E-state index in [1.54, 1.807) is 12.3 Å². The van der Waals surface area contributed by atoms with Crippen molar-refractivity contribution < 1.29 is 9.53 Å². The van der Waals surface area contributed by atoms with Crippen LogP contribution < -0.4 is 16.0 Å². The fourth-order valence-corrected chi connectivity index (χ4v) is 3.50. The minimum atomic E-state index is -0.302. The van der Waals surface area contributed by atoms with Crippen LogP contribution in [0.5, 0.6) is 0 Å². The highest BCUT2D eigenvalue weighted by molar-refractivity contribution is 5.94. The minimum Gasteiger partial charge on any atom is -0.381 e. The Morgan fingerprint density at radius 3 is 3.00 bits per heavy atom. The second kappa shape index (κ2) is 8.91. The highest BCUT2D eigenvalue weighted by Gasteiger charge is 2.16. The van der Waals surface area contributed by atoms with Gasteiger partial charge in [0, 0.05) is 25.4 Å². The lowest BCUT2D eigenvalue weighted by molar-refractivity contribution is 0.0595. The van der Waals surface area contributed by atoms with E-state index in [0.29, 0.717) is 11.7 Å². The monoisotopic (exact) mass is 394 g/mol. The van der Waals surface area contributed by atoms with Gasteiger partial charge in [-0.25, -0.2) is 9.78 Å². The van der Waals surface area contributed by atoms with Crippen LogP contribution in [0, 0.1) is 5.92 Å². The van der Waals surface area contributed by atoms with Gasteiger partial charge in [0.2, 0.25) is 0 Å². The van der Waals surface area contributed by atoms with E-state index >= 15 is 0 Å². The predicted octanol–water partition coefficient (Wildman–Crippen LogP) is 3.68. The summed E-state index contributed by atoms with van der Waals surface area (Å²) in [7, 11) is 0. The fourth-order valence-electron chi connectivity index (χ4n) is 3.50. The zero-order valence-electron chi connectivity index (χ0n) is 16.4. The third kappa shape index (κ3) is 4.83. The number of benzene rings is 1. The summed E-state index contributed by atoms with van der Waals surface area (Å²) in [5, 5.41) is 17.3. The van der Waals surface area contributed by atoms with Crippen molar-refractivity contribution in [1.82, 2.24) is 20.5 Å². The number of carbonyl (C=O) groups excluding carboxylic acids is 1. The topological polar surface area (TPSA) is 104 Å². The highest BCUT2D eigenvalue weighted by Crippen LogP contribution is 2.23. The van der Waals surface area contributed by atoms with Gasteiger partial charge >= 0.3 is 6.03 Å². The maximum atomic E-state index is 12.3. The van der Waals surface area contributed by atoms with E-state index in [0.717, 1.165) is 54.9 Å². The Morgan fingerprint density at radius 2 is 2.21 bits per heavy atom. The lowest BCUT2D eigenvalue weighted by atomic mass is 10.0. The van der Waals surface area contributed by atoms with Crippen LogP contribution in [0.4, 0.5) is 16.4 Å². The minimum absolute atomic E-state index is 0.105. The van der Waals surface area contributed by atoms with E-state index in [1.807, 2.05) is 37.3 Å². The van der Waals surface area contributed by atoms with E-state index in [2.05, 4.69) is 31.1 Å². The number of fused-ring (bicyclic) bond motifs is 1. The molecule has 152 valence electrons. The van der Waals surface area contributed by atoms with Crippen molar-refractivity contribution in [2.75, 3.05) is 30.4 Å². The number of pyridine rings is 1. The maximum absolute atomic E-state index is 12.3. The number of aromatic amines is 1. The predicted molar refractivity (Wildman–Crippen MR) is 113 cm³/mol.